The Morgan fingerprint density at radius 2 is 2.06 bits per heavy atom. The van der Waals surface area contributed by atoms with Crippen molar-refractivity contribution in [2.24, 2.45) is 0 Å². The molecule has 1 N–H and O–H groups in total. The van der Waals surface area contributed by atoms with E-state index in [4.69, 9.17) is 0 Å². The zero-order valence-corrected chi connectivity index (χ0v) is 18.3. The first-order chi connectivity index (χ1) is 15.0. The van der Waals surface area contributed by atoms with Gasteiger partial charge in [0, 0.05) is 18.8 Å². The molecule has 0 unspecified atom stereocenters. The van der Waals surface area contributed by atoms with Crippen LogP contribution in [0.4, 0.5) is 10.8 Å². The number of para-hydroxylation sites is 1. The Kier molecular flexibility index (Phi) is 4.93. The van der Waals surface area contributed by atoms with Crippen molar-refractivity contribution in [1.82, 2.24) is 24.1 Å². The highest BCUT2D eigenvalue weighted by molar-refractivity contribution is 7.22. The summed E-state index contributed by atoms with van der Waals surface area (Å²) in [5.41, 5.74) is 3.51. The van der Waals surface area contributed by atoms with Crippen LogP contribution >= 0.6 is 11.3 Å². The zero-order chi connectivity index (χ0) is 21.5. The standard InChI is InChI=1S/C21H23N7O2S/c1-3-14-8-6-7-13(2)16(14)23-15(29)11-28-21(30)27-12-22-18-17(19(27)25-28)31-20(24-18)26-9-4-5-10-26/h6-8,12H,3-5,9-11H2,1-2H3,(H,23,29). The predicted molar refractivity (Wildman–Crippen MR) is 121 cm³/mol. The van der Waals surface area contributed by atoms with Gasteiger partial charge in [-0.15, -0.1) is 5.10 Å². The van der Waals surface area contributed by atoms with Gasteiger partial charge in [0.25, 0.3) is 0 Å². The van der Waals surface area contributed by atoms with Crippen LogP contribution in [0.5, 0.6) is 0 Å². The van der Waals surface area contributed by atoms with E-state index >= 15 is 0 Å². The van der Waals surface area contributed by atoms with Gasteiger partial charge in [-0.2, -0.15) is 4.98 Å². The summed E-state index contributed by atoms with van der Waals surface area (Å²) >= 11 is 1.49. The molecule has 5 rings (SSSR count). The average molecular weight is 438 g/mol. The fraction of sp³-hybridized carbons (Fsp3) is 0.381. The number of benzene rings is 1. The molecule has 0 aliphatic carbocycles. The van der Waals surface area contributed by atoms with E-state index in [9.17, 15) is 9.59 Å². The Bertz CT molecular complexity index is 1350. The van der Waals surface area contributed by atoms with Gasteiger partial charge in [-0.1, -0.05) is 36.5 Å². The van der Waals surface area contributed by atoms with Crippen LogP contribution in [0.2, 0.25) is 0 Å². The minimum atomic E-state index is -0.392. The molecule has 0 atom stereocenters. The van der Waals surface area contributed by atoms with Crippen LogP contribution in [0, 0.1) is 6.92 Å². The summed E-state index contributed by atoms with van der Waals surface area (Å²) in [5.74, 6) is -0.291. The molecule has 10 heteroatoms. The molecule has 4 aromatic rings. The SMILES string of the molecule is CCc1cccc(C)c1NC(=O)Cn1nc2c3sc(N4CCCC4)nc3ncn2c1=O. The number of aromatic nitrogens is 5. The Hall–Kier alpha value is -3.27. The van der Waals surface area contributed by atoms with Gasteiger partial charge in [0.15, 0.2) is 16.4 Å². The third-order valence-corrected chi connectivity index (χ3v) is 6.74. The van der Waals surface area contributed by atoms with Gasteiger partial charge in [-0.05, 0) is 37.3 Å². The topological polar surface area (TPSA) is 97.4 Å². The summed E-state index contributed by atoms with van der Waals surface area (Å²) in [6.45, 7) is 5.79. The lowest BCUT2D eigenvalue weighted by atomic mass is 10.1. The number of nitrogens with one attached hydrogen (secondary N) is 1. The number of fused-ring (bicyclic) bond motifs is 3. The molecule has 4 heterocycles. The van der Waals surface area contributed by atoms with E-state index in [2.05, 4.69) is 25.3 Å². The number of nitrogens with zero attached hydrogens (tertiary/aromatic N) is 6. The normalized spacial score (nSPS) is 14.1. The number of anilines is 2. The molecule has 0 bridgehead atoms. The molecule has 1 fully saturated rings. The van der Waals surface area contributed by atoms with Crippen LogP contribution in [0.15, 0.2) is 29.3 Å². The Morgan fingerprint density at radius 3 is 2.84 bits per heavy atom. The van der Waals surface area contributed by atoms with Crippen LogP contribution in [0.25, 0.3) is 16.0 Å². The summed E-state index contributed by atoms with van der Waals surface area (Å²) in [5, 5.41) is 8.30. The smallest absolute Gasteiger partial charge is 0.348 e. The highest BCUT2D eigenvalue weighted by atomic mass is 32.1. The minimum Gasteiger partial charge on any atom is -0.348 e. The van der Waals surface area contributed by atoms with Crippen LogP contribution in [0.1, 0.15) is 30.9 Å². The lowest BCUT2D eigenvalue weighted by Crippen LogP contribution is -2.28. The number of thiazole rings is 1. The van der Waals surface area contributed by atoms with Crippen LogP contribution in [0.3, 0.4) is 0 Å². The van der Waals surface area contributed by atoms with Gasteiger partial charge in [0.2, 0.25) is 5.91 Å². The molecule has 1 saturated heterocycles. The second-order valence-corrected chi connectivity index (χ2v) is 8.71. The molecule has 1 amide bonds. The quantitative estimate of drug-likeness (QED) is 0.515. The van der Waals surface area contributed by atoms with Crippen LogP contribution in [-0.2, 0) is 17.8 Å². The number of hydrogen-bond acceptors (Lipinski definition) is 7. The van der Waals surface area contributed by atoms with Crippen molar-refractivity contribution in [2.45, 2.75) is 39.7 Å². The van der Waals surface area contributed by atoms with Crippen molar-refractivity contribution in [3.63, 3.8) is 0 Å². The summed E-state index contributed by atoms with van der Waals surface area (Å²) in [7, 11) is 0. The summed E-state index contributed by atoms with van der Waals surface area (Å²) in [6.07, 6.45) is 4.55. The van der Waals surface area contributed by atoms with E-state index in [0.29, 0.717) is 11.3 Å². The van der Waals surface area contributed by atoms with Gasteiger partial charge in [-0.25, -0.2) is 18.9 Å². The van der Waals surface area contributed by atoms with E-state index < -0.39 is 5.69 Å². The van der Waals surface area contributed by atoms with Crippen molar-refractivity contribution in [2.75, 3.05) is 23.3 Å². The minimum absolute atomic E-state index is 0.169. The van der Waals surface area contributed by atoms with Crippen molar-refractivity contribution < 1.29 is 4.79 Å². The Labute approximate surface area is 182 Å². The maximum Gasteiger partial charge on any atom is 0.352 e. The van der Waals surface area contributed by atoms with E-state index in [1.165, 1.54) is 26.7 Å². The third-order valence-electron chi connectivity index (χ3n) is 5.64. The largest absolute Gasteiger partial charge is 0.352 e. The zero-order valence-electron chi connectivity index (χ0n) is 17.5. The van der Waals surface area contributed by atoms with Crippen molar-refractivity contribution >= 4 is 44.1 Å². The Balaban J connectivity index is 1.46. The molecular weight excluding hydrogens is 414 g/mol. The van der Waals surface area contributed by atoms with Gasteiger partial charge < -0.3 is 10.2 Å². The number of carbonyl (C=O) groups is 1. The Morgan fingerprint density at radius 1 is 1.26 bits per heavy atom. The fourth-order valence-corrected chi connectivity index (χ4v) is 5.04. The molecule has 0 radical (unpaired) electrons. The summed E-state index contributed by atoms with van der Waals surface area (Å²) < 4.78 is 3.32. The predicted octanol–water partition coefficient (Wildman–Crippen LogP) is 2.61. The molecule has 1 aliphatic heterocycles. The van der Waals surface area contributed by atoms with E-state index in [-0.39, 0.29) is 12.5 Å². The molecule has 1 aliphatic rings. The summed E-state index contributed by atoms with van der Waals surface area (Å²) in [6, 6.07) is 5.92. The number of hydrogen-bond donors (Lipinski definition) is 1. The van der Waals surface area contributed by atoms with Gasteiger partial charge in [-0.3, -0.25) is 4.79 Å². The van der Waals surface area contributed by atoms with Gasteiger partial charge in [0.1, 0.15) is 17.6 Å². The van der Waals surface area contributed by atoms with Crippen molar-refractivity contribution in [3.8, 4) is 0 Å². The van der Waals surface area contributed by atoms with Crippen LogP contribution < -0.4 is 15.9 Å². The van der Waals surface area contributed by atoms with E-state index in [0.717, 1.165) is 59.0 Å². The second-order valence-electron chi connectivity index (χ2n) is 7.73. The molecule has 0 spiro atoms. The van der Waals surface area contributed by atoms with E-state index in [1.807, 2.05) is 32.0 Å². The number of aryl methyl sites for hydroxylation is 2. The maximum atomic E-state index is 12.8. The van der Waals surface area contributed by atoms with E-state index in [1.54, 1.807) is 0 Å². The van der Waals surface area contributed by atoms with Crippen LogP contribution in [-0.4, -0.2) is 43.1 Å². The monoisotopic (exact) mass is 437 g/mol. The fourth-order valence-electron chi connectivity index (χ4n) is 3.99. The second kappa shape index (κ2) is 7.77. The number of amides is 1. The van der Waals surface area contributed by atoms with Gasteiger partial charge >= 0.3 is 5.69 Å². The van der Waals surface area contributed by atoms with Gasteiger partial charge in [0.05, 0.1) is 0 Å². The van der Waals surface area contributed by atoms with Crippen molar-refractivity contribution in [1.29, 1.82) is 0 Å². The first kappa shape index (κ1) is 19.7. The average Bonchev–Trinajstić information content (AvgIpc) is 3.49. The molecule has 1 aromatic carbocycles. The molecule has 0 saturated carbocycles. The highest BCUT2D eigenvalue weighted by Gasteiger charge is 2.21. The molecule has 160 valence electrons. The first-order valence-electron chi connectivity index (χ1n) is 10.4. The number of carbonyl (C=O) groups excluding carboxylic acids is 1. The highest BCUT2D eigenvalue weighted by Crippen LogP contribution is 2.31. The lowest BCUT2D eigenvalue weighted by Gasteiger charge is -2.12. The molecule has 31 heavy (non-hydrogen) atoms. The van der Waals surface area contributed by atoms with Crippen molar-refractivity contribution in [3.05, 3.63) is 46.1 Å². The summed E-state index contributed by atoms with van der Waals surface area (Å²) in [4.78, 5) is 36.7. The maximum absolute atomic E-state index is 12.8. The third kappa shape index (κ3) is 3.46. The number of rotatable bonds is 5. The molecular formula is C21H23N7O2S. The molecule has 9 nitrogen and oxygen atoms in total. The first-order valence-corrected chi connectivity index (χ1v) is 11.2. The lowest BCUT2D eigenvalue weighted by molar-refractivity contribution is -0.117. The molecule has 3 aromatic heterocycles.